The van der Waals surface area contributed by atoms with Gasteiger partial charge in [0.1, 0.15) is 0 Å². The SMILES string of the molecule is NN1CC(CN2CCOCC2)OC1(N)C(=O)C1(N)OC(CN2CCOCC2)CN1N. The van der Waals surface area contributed by atoms with Gasteiger partial charge in [0.25, 0.3) is 17.5 Å². The van der Waals surface area contributed by atoms with Gasteiger partial charge in [-0.1, -0.05) is 0 Å². The van der Waals surface area contributed by atoms with Gasteiger partial charge in [-0.15, -0.1) is 0 Å². The van der Waals surface area contributed by atoms with Crippen LogP contribution in [0.4, 0.5) is 0 Å². The van der Waals surface area contributed by atoms with Crippen LogP contribution >= 0.6 is 0 Å². The van der Waals surface area contributed by atoms with E-state index >= 15 is 0 Å². The van der Waals surface area contributed by atoms with Gasteiger partial charge in [0.15, 0.2) is 0 Å². The van der Waals surface area contributed by atoms with Crippen LogP contribution in [0.3, 0.4) is 0 Å². The molecule has 4 unspecified atom stereocenters. The summed E-state index contributed by atoms with van der Waals surface area (Å²) < 4.78 is 22.6. The Labute approximate surface area is 176 Å². The molecule has 4 atom stereocenters. The predicted molar refractivity (Wildman–Crippen MR) is 105 cm³/mol. The Morgan fingerprint density at radius 2 is 1.13 bits per heavy atom. The highest BCUT2D eigenvalue weighted by Gasteiger charge is 2.61. The summed E-state index contributed by atoms with van der Waals surface area (Å²) in [4.78, 5) is 17.8. The minimum atomic E-state index is -1.92. The Bertz CT molecular complexity index is 569. The third kappa shape index (κ3) is 4.39. The monoisotopic (exact) mass is 430 g/mol. The van der Waals surface area contributed by atoms with Crippen molar-refractivity contribution in [2.45, 2.75) is 23.9 Å². The molecule has 4 rings (SSSR count). The summed E-state index contributed by atoms with van der Waals surface area (Å²) in [7, 11) is 0. The smallest absolute Gasteiger partial charge is 0.260 e. The Morgan fingerprint density at radius 3 is 1.50 bits per heavy atom. The van der Waals surface area contributed by atoms with Gasteiger partial charge in [0.05, 0.1) is 38.6 Å². The van der Waals surface area contributed by atoms with Gasteiger partial charge in [0, 0.05) is 52.4 Å². The Morgan fingerprint density at radius 1 is 0.767 bits per heavy atom. The van der Waals surface area contributed by atoms with E-state index in [0.29, 0.717) is 39.5 Å². The van der Waals surface area contributed by atoms with Crippen LogP contribution in [0.5, 0.6) is 0 Å². The molecule has 8 N–H and O–H groups in total. The number of carbonyl (C=O) groups excluding carboxylic acids is 1. The van der Waals surface area contributed by atoms with E-state index in [2.05, 4.69) is 9.80 Å². The number of hydrogen-bond donors (Lipinski definition) is 4. The van der Waals surface area contributed by atoms with Crippen molar-refractivity contribution in [2.24, 2.45) is 23.2 Å². The van der Waals surface area contributed by atoms with Crippen molar-refractivity contribution in [2.75, 3.05) is 78.8 Å². The lowest BCUT2D eigenvalue weighted by atomic mass is 10.1. The Balaban J connectivity index is 1.39. The topological polar surface area (TPSA) is 171 Å². The Hall–Kier alpha value is -0.810. The normalized spacial score (nSPS) is 40.3. The van der Waals surface area contributed by atoms with E-state index in [1.165, 1.54) is 10.0 Å². The minimum absolute atomic E-state index is 0.289. The van der Waals surface area contributed by atoms with Crippen LogP contribution in [0.1, 0.15) is 0 Å². The van der Waals surface area contributed by atoms with Gasteiger partial charge in [-0.2, -0.15) is 10.0 Å². The molecule has 0 bridgehead atoms. The molecule has 0 aromatic heterocycles. The summed E-state index contributed by atoms with van der Waals surface area (Å²) in [5.74, 6) is 7.63. The lowest BCUT2D eigenvalue weighted by Gasteiger charge is -2.37. The zero-order valence-corrected chi connectivity index (χ0v) is 17.3. The van der Waals surface area contributed by atoms with Crippen LogP contribution in [-0.4, -0.2) is 128 Å². The third-order valence-electron chi connectivity index (χ3n) is 6.13. The Kier molecular flexibility index (Phi) is 6.70. The van der Waals surface area contributed by atoms with E-state index in [-0.39, 0.29) is 25.3 Å². The second-order valence-corrected chi connectivity index (χ2v) is 8.33. The highest BCUT2D eigenvalue weighted by atomic mass is 16.6. The number of ether oxygens (including phenoxy) is 4. The molecule has 30 heavy (non-hydrogen) atoms. The lowest BCUT2D eigenvalue weighted by Crippen LogP contribution is -2.74. The first kappa shape index (κ1) is 22.4. The molecule has 0 saturated carbocycles. The maximum absolute atomic E-state index is 13.4. The zero-order chi connectivity index (χ0) is 21.4. The lowest BCUT2D eigenvalue weighted by molar-refractivity contribution is -0.197. The molecule has 13 nitrogen and oxygen atoms in total. The molecular formula is C17H34N8O5. The maximum atomic E-state index is 13.4. The minimum Gasteiger partial charge on any atom is -0.379 e. The number of nitrogens with zero attached hydrogens (tertiary/aromatic N) is 4. The summed E-state index contributed by atoms with van der Waals surface area (Å²) >= 11 is 0. The second-order valence-electron chi connectivity index (χ2n) is 8.33. The summed E-state index contributed by atoms with van der Waals surface area (Å²) in [6.07, 6.45) is -0.690. The first-order valence-electron chi connectivity index (χ1n) is 10.4. The second kappa shape index (κ2) is 8.97. The first-order chi connectivity index (χ1) is 14.3. The molecule has 172 valence electrons. The fourth-order valence-corrected chi connectivity index (χ4v) is 4.39. The van der Waals surface area contributed by atoms with Crippen LogP contribution in [0.25, 0.3) is 0 Å². The van der Waals surface area contributed by atoms with Gasteiger partial charge in [-0.05, 0) is 0 Å². The molecule has 4 fully saturated rings. The van der Waals surface area contributed by atoms with Crippen LogP contribution < -0.4 is 23.2 Å². The molecule has 4 aliphatic rings. The third-order valence-corrected chi connectivity index (χ3v) is 6.13. The van der Waals surface area contributed by atoms with Gasteiger partial charge < -0.3 is 18.9 Å². The molecule has 4 heterocycles. The van der Waals surface area contributed by atoms with E-state index < -0.39 is 17.5 Å². The van der Waals surface area contributed by atoms with Crippen molar-refractivity contribution < 1.29 is 23.7 Å². The molecule has 13 heteroatoms. The first-order valence-corrected chi connectivity index (χ1v) is 10.4. The number of rotatable bonds is 6. The molecule has 4 saturated heterocycles. The maximum Gasteiger partial charge on any atom is 0.260 e. The van der Waals surface area contributed by atoms with Gasteiger partial charge >= 0.3 is 0 Å². The standard InChI is InChI=1S/C17H34N8O5/c18-16(24(20)11-13(29-16)9-22-1-5-27-6-2-22)15(26)17(19)25(21)12-14(30-17)10-23-3-7-28-8-4-23/h13-14H,1-12,18-21H2. The quantitative estimate of drug-likeness (QED) is 0.298. The molecule has 4 aliphatic heterocycles. The zero-order valence-electron chi connectivity index (χ0n) is 17.3. The van der Waals surface area contributed by atoms with Crippen molar-refractivity contribution in [1.29, 1.82) is 0 Å². The highest BCUT2D eigenvalue weighted by molar-refractivity contribution is 5.93. The van der Waals surface area contributed by atoms with Crippen molar-refractivity contribution >= 4 is 5.78 Å². The predicted octanol–water partition coefficient (Wildman–Crippen LogP) is -4.41. The summed E-state index contributed by atoms with van der Waals surface area (Å²) in [6, 6.07) is 0. The van der Waals surface area contributed by atoms with Crippen molar-refractivity contribution in [3.8, 4) is 0 Å². The number of morpholine rings is 2. The van der Waals surface area contributed by atoms with Crippen LogP contribution in [0, 0.1) is 0 Å². The summed E-state index contributed by atoms with van der Waals surface area (Å²) in [5.41, 5.74) is 12.6. The molecular weight excluding hydrogens is 396 g/mol. The number of ketones is 1. The fourth-order valence-electron chi connectivity index (χ4n) is 4.39. The molecule has 0 aromatic carbocycles. The number of hydrogen-bond acceptors (Lipinski definition) is 13. The van der Waals surface area contributed by atoms with Gasteiger partial charge in [-0.25, -0.2) is 0 Å². The van der Waals surface area contributed by atoms with Crippen molar-refractivity contribution in [1.82, 2.24) is 19.8 Å². The summed E-state index contributed by atoms with van der Waals surface area (Å²) in [5, 5.41) is 2.36. The molecule has 0 radical (unpaired) electrons. The molecule has 0 aromatic rings. The average molecular weight is 431 g/mol. The molecule has 0 amide bonds. The number of carbonyl (C=O) groups is 1. The largest absolute Gasteiger partial charge is 0.379 e. The van der Waals surface area contributed by atoms with Gasteiger partial charge in [-0.3, -0.25) is 37.7 Å². The highest BCUT2D eigenvalue weighted by Crippen LogP contribution is 2.30. The molecule has 0 aliphatic carbocycles. The van der Waals surface area contributed by atoms with E-state index in [0.717, 1.165) is 26.2 Å². The van der Waals surface area contributed by atoms with E-state index in [1.54, 1.807) is 0 Å². The van der Waals surface area contributed by atoms with Crippen LogP contribution in [0.15, 0.2) is 0 Å². The van der Waals surface area contributed by atoms with Gasteiger partial charge in [0.2, 0.25) is 0 Å². The van der Waals surface area contributed by atoms with Crippen molar-refractivity contribution in [3.63, 3.8) is 0 Å². The van der Waals surface area contributed by atoms with E-state index in [9.17, 15) is 4.79 Å². The number of Topliss-reactive ketones (excluding diaryl/α,β-unsaturated/α-hetero) is 1. The van der Waals surface area contributed by atoms with E-state index in [4.69, 9.17) is 42.1 Å². The number of nitrogens with two attached hydrogens (primary N) is 4. The van der Waals surface area contributed by atoms with Crippen molar-refractivity contribution in [3.05, 3.63) is 0 Å². The number of hydrazine groups is 2. The van der Waals surface area contributed by atoms with E-state index in [1.807, 2.05) is 0 Å². The summed E-state index contributed by atoms with van der Waals surface area (Å²) in [6.45, 7) is 7.59. The van der Waals surface area contributed by atoms with Crippen LogP contribution in [-0.2, 0) is 23.7 Å². The average Bonchev–Trinajstić information content (AvgIpc) is 3.18. The molecule has 0 spiro atoms. The van der Waals surface area contributed by atoms with Crippen LogP contribution in [0.2, 0.25) is 0 Å². The fraction of sp³-hybridized carbons (Fsp3) is 0.941.